The molecule has 2 amide bonds. The van der Waals surface area contributed by atoms with Gasteiger partial charge in [0, 0.05) is 30.6 Å². The van der Waals surface area contributed by atoms with Crippen molar-refractivity contribution in [3.05, 3.63) is 35.9 Å². The van der Waals surface area contributed by atoms with Crippen molar-refractivity contribution in [3.8, 4) is 0 Å². The molecule has 0 bridgehead atoms. The Morgan fingerprint density at radius 2 is 1.86 bits per heavy atom. The van der Waals surface area contributed by atoms with Crippen LogP contribution in [0.1, 0.15) is 19.4 Å². The molecule has 0 unspecified atom stereocenters. The predicted octanol–water partition coefficient (Wildman–Crippen LogP) is -1.60. The molecule has 2 saturated heterocycles. The van der Waals surface area contributed by atoms with E-state index in [0.717, 1.165) is 11.3 Å². The maximum atomic E-state index is 12.4. The van der Waals surface area contributed by atoms with Gasteiger partial charge in [0.25, 0.3) is 0 Å². The molecule has 0 aromatic heterocycles. The van der Waals surface area contributed by atoms with Crippen molar-refractivity contribution < 1.29 is 49.0 Å². The molecule has 0 saturated carbocycles. The first kappa shape index (κ1) is 22.8. The van der Waals surface area contributed by atoms with Gasteiger partial charge < -0.3 is 20.2 Å². The average Bonchev–Trinajstić information content (AvgIpc) is 2.86. The van der Waals surface area contributed by atoms with Crippen LogP contribution in [0.4, 0.5) is 5.69 Å². The Balaban J connectivity index is 0.00000280. The van der Waals surface area contributed by atoms with E-state index < -0.39 is 22.8 Å². The second kappa shape index (κ2) is 8.49. The van der Waals surface area contributed by atoms with Gasteiger partial charge in [0.2, 0.25) is 11.8 Å². The fourth-order valence-corrected chi connectivity index (χ4v) is 5.03. The third-order valence-corrected chi connectivity index (χ3v) is 6.38. The number of hydrogen-bond acceptors (Lipinski definition) is 5. The van der Waals surface area contributed by atoms with E-state index in [0.29, 0.717) is 0 Å². The molecule has 2 aliphatic rings. The first-order valence-corrected chi connectivity index (χ1v) is 9.48. The Labute approximate surface area is 190 Å². The first-order chi connectivity index (χ1) is 12.6. The van der Waals surface area contributed by atoms with Gasteiger partial charge in [-0.2, -0.15) is 0 Å². The number of nitrogens with one attached hydrogen (secondary N) is 1. The first-order valence-electron chi connectivity index (χ1n) is 8.60. The van der Waals surface area contributed by atoms with Gasteiger partial charge in [0.1, 0.15) is 17.5 Å². The molecule has 28 heavy (non-hydrogen) atoms. The molecule has 1 aromatic rings. The van der Waals surface area contributed by atoms with Crippen LogP contribution in [0.15, 0.2) is 30.3 Å². The van der Waals surface area contributed by atoms with Crippen molar-refractivity contribution in [2.24, 2.45) is 0 Å². The number of nitrogens with zero attached hydrogens (tertiary/aromatic N) is 2. The number of carbonyl (C=O) groups is 3. The summed E-state index contributed by atoms with van der Waals surface area (Å²) in [5.41, 5.74) is 1.94. The van der Waals surface area contributed by atoms with Gasteiger partial charge in [-0.15, -0.1) is 11.8 Å². The molecule has 1 aromatic carbocycles. The Bertz CT molecular complexity index is 810. The van der Waals surface area contributed by atoms with Gasteiger partial charge in [-0.25, -0.2) is 4.79 Å². The van der Waals surface area contributed by atoms with Gasteiger partial charge in [0.15, 0.2) is 0 Å². The summed E-state index contributed by atoms with van der Waals surface area (Å²) in [4.78, 5) is 39.4. The summed E-state index contributed by atoms with van der Waals surface area (Å²) in [5.74, 6) is -1.74. The third kappa shape index (κ3) is 4.25. The van der Waals surface area contributed by atoms with Crippen LogP contribution in [-0.4, -0.2) is 64.1 Å². The fourth-order valence-electron chi connectivity index (χ4n) is 3.40. The van der Waals surface area contributed by atoms with Crippen molar-refractivity contribution in [2.75, 3.05) is 19.0 Å². The van der Waals surface area contributed by atoms with Gasteiger partial charge in [-0.05, 0) is 37.6 Å². The van der Waals surface area contributed by atoms with Crippen molar-refractivity contribution in [1.82, 2.24) is 10.2 Å². The van der Waals surface area contributed by atoms with E-state index in [1.807, 2.05) is 43.3 Å². The van der Waals surface area contributed by atoms with E-state index in [2.05, 4.69) is 5.32 Å². The molecule has 3 rings (SSSR count). The number of thioether (sulfide) groups is 1. The summed E-state index contributed by atoms with van der Waals surface area (Å²) in [7, 11) is 3.91. The second-order valence-corrected chi connectivity index (χ2v) is 9.17. The minimum atomic E-state index is -1.02. The van der Waals surface area contributed by atoms with E-state index in [1.54, 1.807) is 19.9 Å². The SMILES string of the molecule is CN(C)c1ccc(/C=C/C(=O)N[C@@H]2C(=O)N3[C@@H]2SC(C)(C)[C@@H]3C(=O)O)cc1.[Na+]. The summed E-state index contributed by atoms with van der Waals surface area (Å²) in [6.07, 6.45) is 3.07. The van der Waals surface area contributed by atoms with Crippen molar-refractivity contribution in [1.29, 1.82) is 0 Å². The average molecular weight is 412 g/mol. The van der Waals surface area contributed by atoms with Crippen LogP contribution < -0.4 is 39.8 Å². The van der Waals surface area contributed by atoms with Crippen LogP contribution in [0.25, 0.3) is 6.08 Å². The minimum absolute atomic E-state index is 0. The zero-order chi connectivity index (χ0) is 19.9. The fraction of sp³-hybridized carbons (Fsp3) is 0.421. The summed E-state index contributed by atoms with van der Waals surface area (Å²) in [6.45, 7) is 3.61. The Kier molecular flexibility index (Phi) is 6.91. The second-order valence-electron chi connectivity index (χ2n) is 7.40. The Morgan fingerprint density at radius 3 is 2.39 bits per heavy atom. The number of amides is 2. The number of carboxylic acids is 1. The molecular weight excluding hydrogens is 389 g/mol. The smallest absolute Gasteiger partial charge is 0.480 e. The zero-order valence-electron chi connectivity index (χ0n) is 16.7. The summed E-state index contributed by atoms with van der Waals surface area (Å²) in [6, 6.07) is 6.15. The van der Waals surface area contributed by atoms with E-state index in [1.165, 1.54) is 22.7 Å². The van der Waals surface area contributed by atoms with Crippen LogP contribution in [0, 0.1) is 0 Å². The maximum Gasteiger partial charge on any atom is 1.00 e. The predicted molar refractivity (Wildman–Crippen MR) is 105 cm³/mol. The topological polar surface area (TPSA) is 90.0 Å². The normalized spacial score (nSPS) is 24.9. The molecule has 9 heteroatoms. The molecule has 0 radical (unpaired) electrons. The van der Waals surface area contributed by atoms with Crippen LogP contribution in [0.5, 0.6) is 0 Å². The van der Waals surface area contributed by atoms with Gasteiger partial charge in [-0.1, -0.05) is 12.1 Å². The maximum absolute atomic E-state index is 12.4. The zero-order valence-corrected chi connectivity index (χ0v) is 19.5. The van der Waals surface area contributed by atoms with Crippen LogP contribution in [-0.2, 0) is 14.4 Å². The molecule has 2 aliphatic heterocycles. The quantitative estimate of drug-likeness (QED) is 0.344. The Hall–Kier alpha value is -1.48. The number of β-lactam (4-membered cyclic amide) rings is 1. The molecular formula is C19H23N3NaO4S+. The molecule has 3 atom stereocenters. The Morgan fingerprint density at radius 1 is 1.25 bits per heavy atom. The summed E-state index contributed by atoms with van der Waals surface area (Å²) < 4.78 is -0.602. The molecule has 0 aliphatic carbocycles. The van der Waals surface area contributed by atoms with E-state index in [9.17, 15) is 19.5 Å². The minimum Gasteiger partial charge on any atom is -0.480 e. The standard InChI is InChI=1S/C19H23N3O4S.Na/c1-19(2)15(18(25)26)22-16(24)14(17(22)27-19)20-13(23)10-7-11-5-8-12(9-6-11)21(3)4;/h5-10,14-15,17H,1-4H3,(H,20,23)(H,25,26);/q;+1/b10-7+;/t14-,15+,17-;/m1./s1. The van der Waals surface area contributed by atoms with Crippen molar-refractivity contribution in [3.63, 3.8) is 0 Å². The van der Waals surface area contributed by atoms with Gasteiger partial charge in [-0.3, -0.25) is 9.59 Å². The van der Waals surface area contributed by atoms with E-state index in [-0.39, 0.29) is 46.7 Å². The molecule has 2 N–H and O–H groups in total. The number of carbonyl (C=O) groups excluding carboxylic acids is 2. The molecule has 2 heterocycles. The summed E-state index contributed by atoms with van der Waals surface area (Å²) >= 11 is 1.41. The van der Waals surface area contributed by atoms with Crippen molar-refractivity contribution >= 4 is 41.3 Å². The number of carboxylic acid groups (broad SMARTS) is 1. The van der Waals surface area contributed by atoms with Gasteiger partial charge in [0.05, 0.1) is 0 Å². The number of hydrogen-bond donors (Lipinski definition) is 2. The van der Waals surface area contributed by atoms with Crippen LogP contribution >= 0.6 is 11.8 Å². The third-order valence-electron chi connectivity index (χ3n) is 4.81. The van der Waals surface area contributed by atoms with Crippen LogP contribution in [0.2, 0.25) is 0 Å². The largest absolute Gasteiger partial charge is 1.00 e. The number of fused-ring (bicyclic) bond motifs is 1. The number of aliphatic carboxylic acids is 1. The number of anilines is 1. The van der Waals surface area contributed by atoms with Crippen molar-refractivity contribution in [2.45, 2.75) is 36.1 Å². The van der Waals surface area contributed by atoms with Crippen LogP contribution in [0.3, 0.4) is 0 Å². The monoisotopic (exact) mass is 412 g/mol. The van der Waals surface area contributed by atoms with Gasteiger partial charge >= 0.3 is 35.5 Å². The molecule has 144 valence electrons. The molecule has 2 fully saturated rings. The van der Waals surface area contributed by atoms with E-state index in [4.69, 9.17) is 0 Å². The molecule has 0 spiro atoms. The summed E-state index contributed by atoms with van der Waals surface area (Å²) in [5, 5.41) is 11.8. The van der Waals surface area contributed by atoms with E-state index >= 15 is 0 Å². The number of rotatable bonds is 5. The number of benzene rings is 1. The molecule has 7 nitrogen and oxygen atoms in total.